The fourth-order valence-electron chi connectivity index (χ4n) is 13.8. The molecule has 0 spiro atoms. The smallest absolute Gasteiger partial charge is 0.309 e. The van der Waals surface area contributed by atoms with Crippen molar-refractivity contribution in [2.24, 2.45) is 41.4 Å². The number of nitrogens with zero attached hydrogens (tertiary/aromatic N) is 6. The van der Waals surface area contributed by atoms with E-state index in [2.05, 4.69) is 62.2 Å². The minimum Gasteiger partial charge on any atom is -0.462 e. The molecule has 34 nitrogen and oxygen atoms in total. The van der Waals surface area contributed by atoms with E-state index in [0.29, 0.717) is 83.7 Å². The molecular weight excluding hydrogens is 1980 g/mol. The number of hydrogen-bond donors (Lipinski definition) is 1. The van der Waals surface area contributed by atoms with Crippen LogP contribution in [0.2, 0.25) is 0 Å². The number of carbonyl (C=O) groups is 14. The summed E-state index contributed by atoms with van der Waals surface area (Å²) in [4.78, 5) is 193. The maximum atomic E-state index is 13.3. The Labute approximate surface area is 887 Å². The van der Waals surface area contributed by atoms with Gasteiger partial charge >= 0.3 is 83.6 Å². The predicted octanol–water partition coefficient (Wildman–Crippen LogP) is 13.7. The summed E-state index contributed by atoms with van der Waals surface area (Å²) in [6, 6.07) is 0. The molecule has 0 saturated carbocycles. The summed E-state index contributed by atoms with van der Waals surface area (Å²) in [5.41, 5.74) is 0. The molecule has 0 bridgehead atoms. The topological polar surface area (TPSA) is 388 Å². The number of rotatable bonds is 96. The van der Waals surface area contributed by atoms with Gasteiger partial charge in [-0.15, -0.1) is 0 Å². The highest BCUT2D eigenvalue weighted by Crippen LogP contribution is 2.22. The Kier molecular flexibility index (Phi) is 88.2. The highest BCUT2D eigenvalue weighted by Gasteiger charge is 2.26. The van der Waals surface area contributed by atoms with Gasteiger partial charge in [0.15, 0.2) is 0 Å². The second kappa shape index (κ2) is 92.9. The summed E-state index contributed by atoms with van der Waals surface area (Å²) in [7, 11) is 4.14. The zero-order valence-electron chi connectivity index (χ0n) is 88.8. The largest absolute Gasteiger partial charge is 0.462 e. The van der Waals surface area contributed by atoms with Crippen LogP contribution < -0.4 is 0 Å². The normalized spacial score (nSPS) is 13.8. The van der Waals surface area contributed by atoms with E-state index < -0.39 is 83.4 Å². The van der Waals surface area contributed by atoms with Gasteiger partial charge in [0.25, 0.3) is 0 Å². The molecule has 0 aromatic carbocycles. The summed E-state index contributed by atoms with van der Waals surface area (Å²) < 4.78 is 75.7. The van der Waals surface area contributed by atoms with Gasteiger partial charge in [-0.1, -0.05) is 166 Å². The van der Waals surface area contributed by atoms with Crippen LogP contribution in [-0.2, 0) is 133 Å². The molecule has 0 aromatic rings. The molecule has 0 amide bonds. The Morgan fingerprint density at radius 1 is 0.238 bits per heavy atom. The van der Waals surface area contributed by atoms with E-state index in [1.54, 1.807) is 63.0 Å². The molecule has 41 heteroatoms. The van der Waals surface area contributed by atoms with Crippen LogP contribution >= 0.6 is 83.2 Å². The van der Waals surface area contributed by atoms with Crippen LogP contribution in [0.25, 0.3) is 0 Å². The quantitative estimate of drug-likeness (QED) is 0.0256. The summed E-state index contributed by atoms with van der Waals surface area (Å²) in [6.07, 6.45) is 22.7. The second-order valence-corrected chi connectivity index (χ2v) is 43.8. The molecule has 1 saturated heterocycles. The van der Waals surface area contributed by atoms with Crippen molar-refractivity contribution in [1.82, 2.24) is 29.4 Å². The third-order valence-corrected chi connectivity index (χ3v) is 31.1. The minimum absolute atomic E-state index is 0.0155. The van der Waals surface area contributed by atoms with Crippen LogP contribution in [0.1, 0.15) is 236 Å². The minimum atomic E-state index is -0.585. The Hall–Kier alpha value is -5.21. The molecule has 0 radical (unpaired) electrons. The summed E-state index contributed by atoms with van der Waals surface area (Å²) in [6.45, 7) is 25.9. The van der Waals surface area contributed by atoms with E-state index in [4.69, 9.17) is 66.3 Å². The zero-order chi connectivity index (χ0) is 106. The lowest BCUT2D eigenvalue weighted by molar-refractivity contribution is -0.154. The summed E-state index contributed by atoms with van der Waals surface area (Å²) in [5.74, 6) is -1.73. The Morgan fingerprint density at radius 3 is 0.657 bits per heavy atom. The van der Waals surface area contributed by atoms with Crippen LogP contribution in [0.3, 0.4) is 0 Å². The molecule has 1 aliphatic rings. The van der Waals surface area contributed by atoms with Gasteiger partial charge in [0.05, 0.1) is 86.4 Å². The van der Waals surface area contributed by atoms with Crippen molar-refractivity contribution in [3.63, 3.8) is 0 Å². The van der Waals surface area contributed by atoms with E-state index in [0.717, 1.165) is 82.2 Å². The van der Waals surface area contributed by atoms with Gasteiger partial charge in [-0.3, -0.25) is 67.1 Å². The van der Waals surface area contributed by atoms with Crippen LogP contribution in [0.15, 0.2) is 0 Å². The van der Waals surface area contributed by atoms with E-state index in [9.17, 15) is 67.1 Å². The fourth-order valence-corrected chi connectivity index (χ4v) is 20.2. The molecule has 0 N–H and O–H groups in total. The first-order valence-electron chi connectivity index (χ1n) is 52.5. The SMILES string of the molecule is CCCCCCCCSCC(C)C(=O)OCCOC(=O)CCN(CCSCC(C)C(=O)OCCOC(=O)CCN(CCSCC(C)C(=O)OCCOC(=O)CCN1CCN(CCCN(C)C)CC1)CCC(=O)OCCOC(=O)C(C)CSCCN(CCC(=O)OCCOC(=O)C(C)CSCCCCCCCC)CCC(=O)OCCOC(=O)C(C)CSCCCCCCCC)CCC(=O)OCCOC(=O)C(C)CS. The standard InChI is InChI=1S/C102H182N6O28S7/c1-13-16-19-22-25-28-69-138-76-83(5)97(117)131-63-56-124-90(110)33-42-105(41-32-89(109)123-55-62-130-96(116)82(4)75-137)52-72-141-79-86(8)100(120)134-66-59-127-93(113)36-45-107(54-74-143-81-88(10)102(122)136-68-61-129-95(115)38-47-108-50-48-104(49-51-108)40-31-39-103(11)12)46-37-94(114)128-60-67-135-101(121)87(9)80-142-73-53-106(43-34-91(111)125-57-64-132-98(118)84(6)77-139-70-29-26-23-20-17-14-2)44-35-92(112)126-58-65-133-99(119)85(7)78-140-71-30-27-24-21-18-15-3/h82-88,137H,13-81H2,1-12H3. The second-order valence-electron chi connectivity index (χ2n) is 36.6. The molecule has 7 atom stereocenters. The third-order valence-electron chi connectivity index (χ3n) is 23.0. The number of piperazine rings is 1. The van der Waals surface area contributed by atoms with Gasteiger partial charge < -0.3 is 95.7 Å². The van der Waals surface area contributed by atoms with Gasteiger partial charge in [0.2, 0.25) is 0 Å². The lowest BCUT2D eigenvalue weighted by atomic mass is 10.1. The van der Waals surface area contributed by atoms with Crippen LogP contribution in [0.4, 0.5) is 0 Å². The number of thioether (sulfide) groups is 6. The van der Waals surface area contributed by atoms with E-state index >= 15 is 0 Å². The Balaban J connectivity index is 2.95. The van der Waals surface area contributed by atoms with Gasteiger partial charge in [-0.25, -0.2) is 0 Å². The van der Waals surface area contributed by atoms with Crippen molar-refractivity contribution in [3.05, 3.63) is 0 Å². The van der Waals surface area contributed by atoms with E-state index in [1.165, 1.54) is 132 Å². The molecule has 1 rings (SSSR count). The average molecular weight is 2170 g/mol. The van der Waals surface area contributed by atoms with Crippen molar-refractivity contribution in [2.75, 3.05) is 286 Å². The number of hydrogen-bond acceptors (Lipinski definition) is 41. The van der Waals surface area contributed by atoms with Crippen LogP contribution in [-0.4, -0.2) is 399 Å². The highest BCUT2D eigenvalue weighted by molar-refractivity contribution is 8.00. The van der Waals surface area contributed by atoms with E-state index in [1.807, 2.05) is 35.5 Å². The first-order valence-corrected chi connectivity index (χ1v) is 60.1. The summed E-state index contributed by atoms with van der Waals surface area (Å²) in [5, 5.41) is 0. The average Bonchev–Trinajstić information content (AvgIpc) is 0.885. The highest BCUT2D eigenvalue weighted by atomic mass is 32.2. The van der Waals surface area contributed by atoms with Gasteiger partial charge in [0, 0.05) is 149 Å². The Bertz CT molecular complexity index is 3310. The van der Waals surface area contributed by atoms with Crippen LogP contribution in [0.5, 0.6) is 0 Å². The number of thiol groups is 1. The molecule has 830 valence electrons. The first kappa shape index (κ1) is 136. The molecular formula is C102H182N6O28S7. The maximum Gasteiger partial charge on any atom is 0.309 e. The number of carbonyl (C=O) groups excluding carboxylic acids is 14. The number of ether oxygens (including phenoxy) is 14. The van der Waals surface area contributed by atoms with Crippen molar-refractivity contribution in [2.45, 2.75) is 236 Å². The summed E-state index contributed by atoms with van der Waals surface area (Å²) >= 11 is 13.7. The lowest BCUT2D eigenvalue weighted by Crippen LogP contribution is -2.47. The first-order chi connectivity index (χ1) is 68.9. The molecule has 1 fully saturated rings. The lowest BCUT2D eigenvalue weighted by Gasteiger charge is -2.34. The van der Waals surface area contributed by atoms with E-state index in [-0.39, 0.29) is 218 Å². The van der Waals surface area contributed by atoms with Gasteiger partial charge in [-0.2, -0.15) is 83.2 Å². The van der Waals surface area contributed by atoms with Crippen molar-refractivity contribution < 1.29 is 133 Å². The van der Waals surface area contributed by atoms with Crippen molar-refractivity contribution >= 4 is 167 Å². The van der Waals surface area contributed by atoms with Gasteiger partial charge in [0.1, 0.15) is 92.5 Å². The molecule has 143 heavy (non-hydrogen) atoms. The van der Waals surface area contributed by atoms with Crippen molar-refractivity contribution in [1.29, 1.82) is 0 Å². The van der Waals surface area contributed by atoms with Crippen molar-refractivity contribution in [3.8, 4) is 0 Å². The molecule has 0 aliphatic carbocycles. The maximum absolute atomic E-state index is 13.3. The number of unbranched alkanes of at least 4 members (excludes halogenated alkanes) is 15. The number of esters is 14. The molecule has 1 heterocycles. The molecule has 1 aliphatic heterocycles. The molecule has 0 aromatic heterocycles. The third kappa shape index (κ3) is 80.4. The Morgan fingerprint density at radius 2 is 0.434 bits per heavy atom. The predicted molar refractivity (Wildman–Crippen MR) is 573 cm³/mol. The fraction of sp³-hybridized carbons (Fsp3) is 0.863. The van der Waals surface area contributed by atoms with Crippen LogP contribution in [0, 0.1) is 41.4 Å². The monoisotopic (exact) mass is 2160 g/mol. The molecule has 7 unspecified atom stereocenters. The zero-order valence-corrected chi connectivity index (χ0v) is 94.6. The van der Waals surface area contributed by atoms with Gasteiger partial charge in [-0.05, 0) is 70.1 Å².